The van der Waals surface area contributed by atoms with Crippen molar-refractivity contribution in [1.82, 2.24) is 0 Å². The fraction of sp³-hybridized carbons (Fsp3) is 0.0769. The minimum absolute atomic E-state index is 0.442. The minimum atomic E-state index is -0.442. The molecule has 0 heterocycles. The van der Waals surface area contributed by atoms with Crippen LogP contribution in [0.5, 0.6) is 0 Å². The lowest BCUT2D eigenvalue weighted by Gasteiger charge is -2.03. The molecule has 3 rings (SSSR count). The van der Waals surface area contributed by atoms with Crippen molar-refractivity contribution in [3.63, 3.8) is 0 Å². The molecule has 1 unspecified atom stereocenters. The van der Waals surface area contributed by atoms with E-state index in [1.54, 1.807) is 0 Å². The summed E-state index contributed by atoms with van der Waals surface area (Å²) in [6.07, 6.45) is -0.442. The van der Waals surface area contributed by atoms with Crippen molar-refractivity contribution in [2.24, 2.45) is 0 Å². The lowest BCUT2D eigenvalue weighted by Crippen LogP contribution is -1.92. The van der Waals surface area contributed by atoms with Gasteiger partial charge in [0.15, 0.2) is 0 Å². The van der Waals surface area contributed by atoms with Crippen LogP contribution in [0.4, 0.5) is 0 Å². The smallest absolute Gasteiger partial charge is 0.105 e. The molecule has 0 bridgehead atoms. The molecule has 0 saturated heterocycles. The van der Waals surface area contributed by atoms with Gasteiger partial charge in [-0.1, -0.05) is 48.5 Å². The first-order chi connectivity index (χ1) is 6.88. The Labute approximate surface area is 82.6 Å². The van der Waals surface area contributed by atoms with Gasteiger partial charge in [0.1, 0.15) is 6.10 Å². The predicted octanol–water partition coefficient (Wildman–Crippen LogP) is 2.75. The molecule has 0 aromatic heterocycles. The van der Waals surface area contributed by atoms with Crippen molar-refractivity contribution >= 4 is 0 Å². The van der Waals surface area contributed by atoms with Crippen LogP contribution in [0.25, 0.3) is 11.1 Å². The van der Waals surface area contributed by atoms with Crippen LogP contribution < -0.4 is 0 Å². The molecular formula is C13H10O. The van der Waals surface area contributed by atoms with Crippen molar-refractivity contribution < 1.29 is 5.11 Å². The van der Waals surface area contributed by atoms with Crippen LogP contribution in [0.3, 0.4) is 0 Å². The highest BCUT2D eigenvalue weighted by molar-refractivity contribution is 5.77. The van der Waals surface area contributed by atoms with E-state index in [4.69, 9.17) is 0 Å². The van der Waals surface area contributed by atoms with E-state index in [2.05, 4.69) is 12.1 Å². The van der Waals surface area contributed by atoms with E-state index in [9.17, 15) is 5.11 Å². The van der Waals surface area contributed by atoms with Crippen molar-refractivity contribution in [2.45, 2.75) is 6.10 Å². The summed E-state index contributed by atoms with van der Waals surface area (Å²) in [5, 5.41) is 10.0. The van der Waals surface area contributed by atoms with Gasteiger partial charge in [-0.05, 0) is 22.3 Å². The number of fused-ring (bicyclic) bond motifs is 3. The molecule has 2 aromatic rings. The van der Waals surface area contributed by atoms with Gasteiger partial charge in [0.25, 0.3) is 0 Å². The van der Waals surface area contributed by atoms with Gasteiger partial charge in [0.05, 0.1) is 0 Å². The molecule has 2 aromatic carbocycles. The number of aliphatic hydroxyl groups is 1. The highest BCUT2D eigenvalue weighted by Gasteiger charge is 2.25. The molecule has 0 fully saturated rings. The summed E-state index contributed by atoms with van der Waals surface area (Å²) < 4.78 is 0. The van der Waals surface area contributed by atoms with Gasteiger partial charge in [-0.25, -0.2) is 0 Å². The molecule has 68 valence electrons. The maximum Gasteiger partial charge on any atom is 0.105 e. The Hall–Kier alpha value is -1.60. The first kappa shape index (κ1) is 7.77. The van der Waals surface area contributed by atoms with Crippen molar-refractivity contribution in [2.75, 3.05) is 0 Å². The first-order valence-corrected chi connectivity index (χ1v) is 4.74. The van der Waals surface area contributed by atoms with E-state index in [0.29, 0.717) is 0 Å². The molecule has 1 aliphatic rings. The first-order valence-electron chi connectivity index (χ1n) is 4.74. The molecule has 0 saturated carbocycles. The SMILES string of the molecule is OC1c2ccccc2-[13c]2[13cH][13cH][13cH][13cH][13c]21. The average molecular weight is 188 g/mol. The Morgan fingerprint density at radius 2 is 1.14 bits per heavy atom. The second-order valence-electron chi connectivity index (χ2n) is 3.58. The van der Waals surface area contributed by atoms with Crippen LogP contribution in [-0.4, -0.2) is 5.11 Å². The van der Waals surface area contributed by atoms with E-state index >= 15 is 0 Å². The van der Waals surface area contributed by atoms with Gasteiger partial charge >= 0.3 is 0 Å². The van der Waals surface area contributed by atoms with Gasteiger partial charge in [0, 0.05) is 0 Å². The van der Waals surface area contributed by atoms with Gasteiger partial charge in [-0.2, -0.15) is 0 Å². The number of hydrogen-bond donors (Lipinski definition) is 1. The van der Waals surface area contributed by atoms with Crippen LogP contribution in [0.2, 0.25) is 0 Å². The molecule has 0 spiro atoms. The zero-order valence-corrected chi connectivity index (χ0v) is 7.64. The zero-order valence-electron chi connectivity index (χ0n) is 7.64. The van der Waals surface area contributed by atoms with E-state index in [1.807, 2.05) is 36.4 Å². The topological polar surface area (TPSA) is 20.2 Å². The molecule has 0 aliphatic heterocycles. The third kappa shape index (κ3) is 0.875. The maximum atomic E-state index is 10.0. The molecule has 0 radical (unpaired) electrons. The maximum absolute atomic E-state index is 10.0. The van der Waals surface area contributed by atoms with Crippen LogP contribution in [0.15, 0.2) is 48.5 Å². The van der Waals surface area contributed by atoms with E-state index in [-0.39, 0.29) is 0 Å². The van der Waals surface area contributed by atoms with Crippen LogP contribution in [0, 0.1) is 0 Å². The monoisotopic (exact) mass is 188 g/mol. The fourth-order valence-corrected chi connectivity index (χ4v) is 2.13. The van der Waals surface area contributed by atoms with Crippen molar-refractivity contribution in [3.05, 3.63) is 59.7 Å². The zero-order chi connectivity index (χ0) is 9.54. The number of rotatable bonds is 0. The summed E-state index contributed by atoms with van der Waals surface area (Å²) >= 11 is 0. The predicted molar refractivity (Wildman–Crippen MR) is 55.9 cm³/mol. The lowest BCUT2D eigenvalue weighted by molar-refractivity contribution is 0.225. The molecule has 1 aliphatic carbocycles. The van der Waals surface area contributed by atoms with Gasteiger partial charge in [-0.3, -0.25) is 0 Å². The van der Waals surface area contributed by atoms with Gasteiger partial charge in [-0.15, -0.1) is 0 Å². The molecule has 1 N–H and O–H groups in total. The van der Waals surface area contributed by atoms with E-state index in [1.165, 1.54) is 0 Å². The molecule has 1 atom stereocenters. The summed E-state index contributed by atoms with van der Waals surface area (Å²) in [7, 11) is 0. The van der Waals surface area contributed by atoms with Gasteiger partial charge in [0.2, 0.25) is 0 Å². The second kappa shape index (κ2) is 2.69. The summed E-state index contributed by atoms with van der Waals surface area (Å²) in [5.74, 6) is 0. The number of benzene rings is 2. The molecule has 1 heteroatoms. The van der Waals surface area contributed by atoms with E-state index in [0.717, 1.165) is 22.3 Å². The third-order valence-corrected chi connectivity index (χ3v) is 2.80. The molecular weight excluding hydrogens is 178 g/mol. The van der Waals surface area contributed by atoms with Crippen molar-refractivity contribution in [3.8, 4) is 11.1 Å². The van der Waals surface area contributed by atoms with Crippen LogP contribution in [-0.2, 0) is 0 Å². The quantitative estimate of drug-likeness (QED) is 0.674. The Morgan fingerprint density at radius 3 is 1.64 bits per heavy atom. The number of hydrogen-bond acceptors (Lipinski definition) is 1. The largest absolute Gasteiger partial charge is 0.384 e. The number of aliphatic hydroxyl groups excluding tert-OH is 1. The molecule has 0 amide bonds. The Kier molecular flexibility index (Phi) is 1.49. The van der Waals surface area contributed by atoms with Crippen LogP contribution >= 0.6 is 0 Å². The lowest BCUT2D eigenvalue weighted by atomic mass is 10.1. The average Bonchev–Trinajstić information content (AvgIpc) is 2.55. The summed E-state index contributed by atoms with van der Waals surface area (Å²) in [4.78, 5) is 0. The highest BCUT2D eigenvalue weighted by Crippen LogP contribution is 2.42. The summed E-state index contributed by atoms with van der Waals surface area (Å²) in [6, 6.07) is 16.0. The third-order valence-electron chi connectivity index (χ3n) is 2.80. The standard InChI is InChI=1S/C13H10O/c14-13-11-7-3-1-5-9(11)10-6-2-4-8-12(10)13/h1-8,13-14H/i1+1,3+1,5+1,7+1,9+1,11+1. The van der Waals surface area contributed by atoms with Gasteiger partial charge < -0.3 is 5.11 Å². The molecule has 14 heavy (non-hydrogen) atoms. The van der Waals surface area contributed by atoms with E-state index < -0.39 is 6.10 Å². The Balaban J connectivity index is 2.36. The minimum Gasteiger partial charge on any atom is -0.384 e. The van der Waals surface area contributed by atoms with Crippen molar-refractivity contribution in [1.29, 1.82) is 0 Å². The fourth-order valence-electron chi connectivity index (χ4n) is 2.13. The molecule has 1 nitrogen and oxygen atoms in total. The van der Waals surface area contributed by atoms with Crippen LogP contribution in [0.1, 0.15) is 17.2 Å². The second-order valence-corrected chi connectivity index (χ2v) is 3.58. The summed E-state index contributed by atoms with van der Waals surface area (Å²) in [5.41, 5.74) is 4.37. The Bertz CT molecular complexity index is 443. The Morgan fingerprint density at radius 1 is 0.714 bits per heavy atom. The normalized spacial score (nSPS) is 17.6. The summed E-state index contributed by atoms with van der Waals surface area (Å²) in [6.45, 7) is 0. The highest BCUT2D eigenvalue weighted by atomic mass is 16.3.